The maximum atomic E-state index is 12.8. The van der Waals surface area contributed by atoms with Crippen molar-refractivity contribution < 1.29 is 31.8 Å². The standard InChI is InChI=1S/C21H20Cl2F3N3O4S2/c1-10(21(24,25)26)29-35(32,33)14-8-7-11(16(22)17(14)23)18-13(9-30)28-19(34-18)12-5-4-6-15(27-12)20(2,3)31/h4-8,10,29-31H,9H2,1-3H3/t10-/m0/s1. The number of hydrogen-bond donors (Lipinski definition) is 3. The number of thiazole rings is 1. The minimum atomic E-state index is -4.80. The summed E-state index contributed by atoms with van der Waals surface area (Å²) in [4.78, 5) is 8.52. The molecular formula is C21H20Cl2F3N3O4S2. The molecule has 1 atom stereocenters. The lowest BCUT2D eigenvalue weighted by atomic mass is 10.0. The fourth-order valence-electron chi connectivity index (χ4n) is 2.95. The summed E-state index contributed by atoms with van der Waals surface area (Å²) in [6, 6.07) is 4.96. The quantitative estimate of drug-likeness (QED) is 0.363. The molecule has 0 spiro atoms. The highest BCUT2D eigenvalue weighted by molar-refractivity contribution is 7.89. The maximum Gasteiger partial charge on any atom is 0.404 e. The van der Waals surface area contributed by atoms with Gasteiger partial charge in [0.25, 0.3) is 0 Å². The molecule has 35 heavy (non-hydrogen) atoms. The third-order valence-electron chi connectivity index (χ3n) is 4.85. The average Bonchev–Trinajstić information content (AvgIpc) is 3.18. The van der Waals surface area contributed by atoms with Gasteiger partial charge in [0.1, 0.15) is 21.5 Å². The van der Waals surface area contributed by atoms with Gasteiger partial charge < -0.3 is 10.2 Å². The van der Waals surface area contributed by atoms with Gasteiger partial charge in [0.15, 0.2) is 0 Å². The molecule has 0 amide bonds. The number of rotatable bonds is 7. The van der Waals surface area contributed by atoms with E-state index >= 15 is 0 Å². The normalized spacial score (nSPS) is 13.8. The van der Waals surface area contributed by atoms with Gasteiger partial charge in [0.05, 0.1) is 38.6 Å². The number of aliphatic hydroxyl groups excluding tert-OH is 1. The molecule has 3 aromatic rings. The van der Waals surface area contributed by atoms with Crippen molar-refractivity contribution >= 4 is 44.6 Å². The van der Waals surface area contributed by atoms with Crippen molar-refractivity contribution in [2.75, 3.05) is 0 Å². The van der Waals surface area contributed by atoms with Crippen molar-refractivity contribution in [3.8, 4) is 21.1 Å². The number of pyridine rings is 1. The minimum absolute atomic E-state index is 0.206. The second-order valence-corrected chi connectivity index (χ2v) is 11.5. The molecule has 3 N–H and O–H groups in total. The van der Waals surface area contributed by atoms with Crippen molar-refractivity contribution in [1.82, 2.24) is 14.7 Å². The molecule has 14 heteroatoms. The molecule has 2 aromatic heterocycles. The molecule has 0 aliphatic heterocycles. The van der Waals surface area contributed by atoms with E-state index in [2.05, 4.69) is 9.97 Å². The van der Waals surface area contributed by atoms with Crippen LogP contribution < -0.4 is 4.72 Å². The zero-order valence-electron chi connectivity index (χ0n) is 18.5. The number of nitrogens with one attached hydrogen (secondary N) is 1. The molecule has 0 fully saturated rings. The van der Waals surface area contributed by atoms with Gasteiger partial charge in [-0.05, 0) is 39.0 Å². The number of nitrogens with zero attached hydrogens (tertiary/aromatic N) is 2. The van der Waals surface area contributed by atoms with Crippen LogP contribution in [-0.4, -0.2) is 40.8 Å². The van der Waals surface area contributed by atoms with Gasteiger partial charge in [-0.2, -0.15) is 17.9 Å². The fourth-order valence-corrected chi connectivity index (χ4v) is 6.18. The summed E-state index contributed by atoms with van der Waals surface area (Å²) < 4.78 is 65.1. The van der Waals surface area contributed by atoms with Crippen LogP contribution >= 0.6 is 34.5 Å². The molecule has 0 aliphatic carbocycles. The Bertz CT molecular complexity index is 1360. The van der Waals surface area contributed by atoms with E-state index in [1.54, 1.807) is 32.0 Å². The molecule has 0 saturated carbocycles. The molecule has 0 unspecified atom stereocenters. The number of halogens is 5. The van der Waals surface area contributed by atoms with Crippen LogP contribution in [0, 0.1) is 0 Å². The van der Waals surface area contributed by atoms with Crippen molar-refractivity contribution in [3.05, 3.63) is 51.8 Å². The Kier molecular flexibility index (Phi) is 7.88. The van der Waals surface area contributed by atoms with E-state index in [0.29, 0.717) is 28.2 Å². The first kappa shape index (κ1) is 27.8. The second kappa shape index (κ2) is 9.92. The van der Waals surface area contributed by atoms with Crippen LogP contribution in [-0.2, 0) is 22.2 Å². The fraction of sp³-hybridized carbons (Fsp3) is 0.333. The summed E-state index contributed by atoms with van der Waals surface area (Å²) in [7, 11) is -4.65. The van der Waals surface area contributed by atoms with Gasteiger partial charge in [-0.25, -0.2) is 18.4 Å². The Hall–Kier alpha value is -1.80. The summed E-state index contributed by atoms with van der Waals surface area (Å²) >= 11 is 13.6. The molecule has 1 aromatic carbocycles. The average molecular weight is 570 g/mol. The van der Waals surface area contributed by atoms with Crippen LogP contribution in [0.5, 0.6) is 0 Å². The Labute approximate surface area is 213 Å². The third-order valence-corrected chi connectivity index (χ3v) is 8.58. The maximum absolute atomic E-state index is 12.8. The molecule has 0 aliphatic rings. The van der Waals surface area contributed by atoms with Crippen LogP contribution in [0.1, 0.15) is 32.2 Å². The van der Waals surface area contributed by atoms with Gasteiger partial charge >= 0.3 is 6.18 Å². The summed E-state index contributed by atoms with van der Waals surface area (Å²) in [5.41, 5.74) is 0.0470. The smallest absolute Gasteiger partial charge is 0.390 e. The van der Waals surface area contributed by atoms with Gasteiger partial charge in [-0.1, -0.05) is 35.3 Å². The molecule has 2 heterocycles. The van der Waals surface area contributed by atoms with Crippen LogP contribution in [0.15, 0.2) is 35.2 Å². The molecule has 3 rings (SSSR count). The highest BCUT2D eigenvalue weighted by Crippen LogP contribution is 2.43. The van der Waals surface area contributed by atoms with E-state index in [4.69, 9.17) is 23.2 Å². The van der Waals surface area contributed by atoms with Gasteiger partial charge in [0, 0.05) is 5.56 Å². The first-order valence-electron chi connectivity index (χ1n) is 9.94. The van der Waals surface area contributed by atoms with E-state index in [1.165, 1.54) is 10.8 Å². The predicted octanol–water partition coefficient (Wildman–Crippen LogP) is 5.13. The third kappa shape index (κ3) is 5.96. The van der Waals surface area contributed by atoms with E-state index in [-0.39, 0.29) is 16.3 Å². The van der Waals surface area contributed by atoms with Crippen molar-refractivity contribution in [2.24, 2.45) is 0 Å². The van der Waals surface area contributed by atoms with E-state index in [9.17, 15) is 31.8 Å². The van der Waals surface area contributed by atoms with Crippen molar-refractivity contribution in [2.45, 2.75) is 50.1 Å². The molecule has 0 saturated heterocycles. The lowest BCUT2D eigenvalue weighted by Crippen LogP contribution is -2.43. The lowest BCUT2D eigenvalue weighted by molar-refractivity contribution is -0.147. The number of benzene rings is 1. The minimum Gasteiger partial charge on any atom is -0.390 e. The number of hydrogen-bond acceptors (Lipinski definition) is 7. The zero-order chi connectivity index (χ0) is 26.3. The van der Waals surface area contributed by atoms with Crippen molar-refractivity contribution in [3.63, 3.8) is 0 Å². The molecule has 7 nitrogen and oxygen atoms in total. The number of alkyl halides is 3. The Balaban J connectivity index is 2.06. The molecule has 190 valence electrons. The summed E-state index contributed by atoms with van der Waals surface area (Å²) in [5.74, 6) is 0. The summed E-state index contributed by atoms with van der Waals surface area (Å²) in [6.07, 6.45) is -4.80. The monoisotopic (exact) mass is 569 g/mol. The first-order valence-corrected chi connectivity index (χ1v) is 13.0. The van der Waals surface area contributed by atoms with Crippen molar-refractivity contribution in [1.29, 1.82) is 0 Å². The predicted molar refractivity (Wildman–Crippen MR) is 128 cm³/mol. The highest BCUT2D eigenvalue weighted by atomic mass is 35.5. The molecule has 0 radical (unpaired) electrons. The summed E-state index contributed by atoms with van der Waals surface area (Å²) in [6.45, 7) is 3.32. The largest absolute Gasteiger partial charge is 0.404 e. The van der Waals surface area contributed by atoms with Gasteiger partial charge in [-0.3, -0.25) is 0 Å². The summed E-state index contributed by atoms with van der Waals surface area (Å²) in [5, 5.41) is 19.7. The molecule has 0 bridgehead atoms. The Morgan fingerprint density at radius 2 is 1.77 bits per heavy atom. The second-order valence-electron chi connectivity index (χ2n) is 8.04. The van der Waals surface area contributed by atoms with Crippen LogP contribution in [0.2, 0.25) is 10.0 Å². The van der Waals surface area contributed by atoms with Crippen LogP contribution in [0.3, 0.4) is 0 Å². The molecular weight excluding hydrogens is 550 g/mol. The van der Waals surface area contributed by atoms with E-state index in [0.717, 1.165) is 17.4 Å². The highest BCUT2D eigenvalue weighted by Gasteiger charge is 2.39. The lowest BCUT2D eigenvalue weighted by Gasteiger charge is -2.18. The first-order chi connectivity index (χ1) is 16.1. The number of aromatic nitrogens is 2. The van der Waals surface area contributed by atoms with E-state index in [1.807, 2.05) is 0 Å². The van der Waals surface area contributed by atoms with Gasteiger partial charge in [0.2, 0.25) is 10.0 Å². The van der Waals surface area contributed by atoms with Crippen LogP contribution in [0.25, 0.3) is 21.1 Å². The number of sulfonamides is 1. The van der Waals surface area contributed by atoms with Crippen LogP contribution in [0.4, 0.5) is 13.2 Å². The van der Waals surface area contributed by atoms with E-state index < -0.39 is 44.4 Å². The number of aliphatic hydroxyl groups is 2. The topological polar surface area (TPSA) is 112 Å². The zero-order valence-corrected chi connectivity index (χ0v) is 21.6. The Morgan fingerprint density at radius 3 is 2.34 bits per heavy atom. The SMILES string of the molecule is C[C@H](NS(=O)(=O)c1ccc(-c2sc(-c3cccc(C(C)(C)O)n3)nc2CO)c(Cl)c1Cl)C(F)(F)F. The Morgan fingerprint density at radius 1 is 1.11 bits per heavy atom. The van der Waals surface area contributed by atoms with Gasteiger partial charge in [-0.15, -0.1) is 11.3 Å².